The molecule has 0 unspecified atom stereocenters. The van der Waals surface area contributed by atoms with E-state index in [1.807, 2.05) is 6.92 Å². The maximum absolute atomic E-state index is 15.0. The number of aryl methyl sites for hydroxylation is 1. The van der Waals surface area contributed by atoms with Gasteiger partial charge in [0, 0.05) is 0 Å². The van der Waals surface area contributed by atoms with Gasteiger partial charge in [0.2, 0.25) is 11.6 Å². The lowest BCUT2D eigenvalue weighted by atomic mass is 9.75. The molecular formula is C30H31F5O2. The maximum Gasteiger partial charge on any atom is 0.204 e. The zero-order valence-electron chi connectivity index (χ0n) is 21.1. The number of unbranched alkanes of at least 4 members (excludes halogenated alkanes) is 1. The Morgan fingerprint density at radius 1 is 0.703 bits per heavy atom. The number of ether oxygens (including phenoxy) is 2. The Morgan fingerprint density at radius 3 is 1.92 bits per heavy atom. The Kier molecular flexibility index (Phi) is 8.72. The van der Waals surface area contributed by atoms with Gasteiger partial charge in [0.1, 0.15) is 12.4 Å². The van der Waals surface area contributed by atoms with E-state index in [9.17, 15) is 22.0 Å². The van der Waals surface area contributed by atoms with E-state index in [4.69, 9.17) is 9.47 Å². The van der Waals surface area contributed by atoms with E-state index in [1.54, 1.807) is 24.3 Å². The SMILES string of the molecule is CCCCOc1ccc(OCc2ccc(C3CCC(c4ccc(C)c(F)c4F)CC3)c(F)c2)c(F)c1F. The Bertz CT molecular complexity index is 1240. The van der Waals surface area contributed by atoms with Gasteiger partial charge in [-0.3, -0.25) is 0 Å². The second-order valence-electron chi connectivity index (χ2n) is 9.68. The summed E-state index contributed by atoms with van der Waals surface area (Å²) in [5.41, 5.74) is 1.71. The van der Waals surface area contributed by atoms with Crippen LogP contribution in [0.15, 0.2) is 42.5 Å². The molecule has 0 aromatic heterocycles. The molecule has 0 N–H and O–H groups in total. The molecule has 7 heteroatoms. The van der Waals surface area contributed by atoms with Crippen LogP contribution in [0.4, 0.5) is 22.0 Å². The molecule has 3 aromatic rings. The molecule has 37 heavy (non-hydrogen) atoms. The molecule has 0 saturated heterocycles. The van der Waals surface area contributed by atoms with Crippen LogP contribution in [0.5, 0.6) is 11.5 Å². The predicted octanol–water partition coefficient (Wildman–Crippen LogP) is 8.89. The van der Waals surface area contributed by atoms with E-state index in [0.29, 0.717) is 49.0 Å². The van der Waals surface area contributed by atoms with Crippen molar-refractivity contribution in [2.45, 2.75) is 70.8 Å². The minimum absolute atomic E-state index is 0.0311. The molecule has 1 saturated carbocycles. The van der Waals surface area contributed by atoms with Gasteiger partial charge in [-0.1, -0.05) is 37.6 Å². The molecule has 0 heterocycles. The summed E-state index contributed by atoms with van der Waals surface area (Å²) in [6.07, 6.45) is 4.19. The second kappa shape index (κ2) is 12.0. The largest absolute Gasteiger partial charge is 0.490 e. The zero-order chi connectivity index (χ0) is 26.5. The smallest absolute Gasteiger partial charge is 0.204 e. The van der Waals surface area contributed by atoms with E-state index in [0.717, 1.165) is 12.8 Å². The summed E-state index contributed by atoms with van der Waals surface area (Å²) in [5, 5.41) is 0. The van der Waals surface area contributed by atoms with Gasteiger partial charge in [-0.15, -0.1) is 0 Å². The van der Waals surface area contributed by atoms with Crippen molar-refractivity contribution in [1.29, 1.82) is 0 Å². The summed E-state index contributed by atoms with van der Waals surface area (Å²) in [6.45, 7) is 3.66. The van der Waals surface area contributed by atoms with Crippen LogP contribution in [-0.2, 0) is 6.61 Å². The molecule has 0 amide bonds. The van der Waals surface area contributed by atoms with Crippen molar-refractivity contribution in [2.75, 3.05) is 6.61 Å². The van der Waals surface area contributed by atoms with Crippen molar-refractivity contribution in [3.05, 3.63) is 93.8 Å². The van der Waals surface area contributed by atoms with Gasteiger partial charge in [0.25, 0.3) is 0 Å². The standard InChI is InChI=1S/C30H31F5O2/c1-3-4-15-36-25-13-14-26(30(35)29(25)34)37-17-19-6-12-22(24(31)16-19)20-7-9-21(10-8-20)23-11-5-18(2)27(32)28(23)33/h5-6,11-14,16,20-21H,3-4,7-10,15,17H2,1-2H3. The molecule has 0 aliphatic heterocycles. The number of benzene rings is 3. The molecule has 0 atom stereocenters. The lowest BCUT2D eigenvalue weighted by Crippen LogP contribution is -2.15. The average molecular weight is 519 g/mol. The molecule has 0 radical (unpaired) electrons. The van der Waals surface area contributed by atoms with Crippen LogP contribution < -0.4 is 9.47 Å². The van der Waals surface area contributed by atoms with Gasteiger partial charge in [-0.05, 0) is 91.3 Å². The minimum Gasteiger partial charge on any atom is -0.490 e. The lowest BCUT2D eigenvalue weighted by Gasteiger charge is -2.29. The Labute approximate surface area is 214 Å². The van der Waals surface area contributed by atoms with Crippen LogP contribution in [0, 0.1) is 36.0 Å². The van der Waals surface area contributed by atoms with Crippen molar-refractivity contribution in [3.63, 3.8) is 0 Å². The molecule has 1 fully saturated rings. The number of hydrogen-bond donors (Lipinski definition) is 0. The lowest BCUT2D eigenvalue weighted by molar-refractivity contribution is 0.267. The molecule has 0 bridgehead atoms. The zero-order valence-corrected chi connectivity index (χ0v) is 21.1. The van der Waals surface area contributed by atoms with Gasteiger partial charge in [-0.2, -0.15) is 8.78 Å². The Balaban J connectivity index is 1.36. The highest BCUT2D eigenvalue weighted by atomic mass is 19.2. The quantitative estimate of drug-likeness (QED) is 0.208. The Hall–Kier alpha value is -3.09. The third-order valence-electron chi connectivity index (χ3n) is 7.14. The van der Waals surface area contributed by atoms with Gasteiger partial charge in [-0.25, -0.2) is 13.2 Å². The maximum atomic E-state index is 15.0. The van der Waals surface area contributed by atoms with Crippen LogP contribution in [-0.4, -0.2) is 6.61 Å². The van der Waals surface area contributed by atoms with Gasteiger partial charge >= 0.3 is 0 Å². The Morgan fingerprint density at radius 2 is 1.30 bits per heavy atom. The molecule has 4 rings (SSSR count). The molecular weight excluding hydrogens is 487 g/mol. The molecule has 1 aliphatic carbocycles. The van der Waals surface area contributed by atoms with E-state index in [1.165, 1.54) is 25.1 Å². The van der Waals surface area contributed by atoms with Crippen molar-refractivity contribution < 1.29 is 31.4 Å². The van der Waals surface area contributed by atoms with Gasteiger partial charge in [0.05, 0.1) is 6.61 Å². The van der Waals surface area contributed by atoms with E-state index >= 15 is 0 Å². The van der Waals surface area contributed by atoms with Crippen LogP contribution in [0.25, 0.3) is 0 Å². The summed E-state index contributed by atoms with van der Waals surface area (Å²) in [4.78, 5) is 0. The van der Waals surface area contributed by atoms with E-state index < -0.39 is 29.1 Å². The van der Waals surface area contributed by atoms with Crippen LogP contribution in [0.3, 0.4) is 0 Å². The molecule has 2 nitrogen and oxygen atoms in total. The summed E-state index contributed by atoms with van der Waals surface area (Å²) in [5.74, 6) is -4.81. The topological polar surface area (TPSA) is 18.5 Å². The first-order chi connectivity index (χ1) is 17.8. The highest BCUT2D eigenvalue weighted by molar-refractivity contribution is 5.36. The molecule has 198 valence electrons. The predicted molar refractivity (Wildman–Crippen MR) is 133 cm³/mol. The van der Waals surface area contributed by atoms with Crippen LogP contribution in [0.1, 0.15) is 79.5 Å². The fraction of sp³-hybridized carbons (Fsp3) is 0.400. The number of rotatable bonds is 9. The summed E-state index contributed by atoms with van der Waals surface area (Å²) in [7, 11) is 0. The summed E-state index contributed by atoms with van der Waals surface area (Å²) in [6, 6.07) is 10.6. The monoisotopic (exact) mass is 518 g/mol. The second-order valence-corrected chi connectivity index (χ2v) is 9.68. The third kappa shape index (κ3) is 6.08. The number of halogens is 5. The highest BCUT2D eigenvalue weighted by Gasteiger charge is 2.28. The van der Waals surface area contributed by atoms with Crippen molar-refractivity contribution >= 4 is 0 Å². The fourth-order valence-electron chi connectivity index (χ4n) is 4.91. The first-order valence-corrected chi connectivity index (χ1v) is 12.8. The first kappa shape index (κ1) is 27.0. The minimum atomic E-state index is -1.15. The summed E-state index contributed by atoms with van der Waals surface area (Å²) < 4.78 is 82.7. The van der Waals surface area contributed by atoms with Crippen molar-refractivity contribution in [1.82, 2.24) is 0 Å². The number of hydrogen-bond acceptors (Lipinski definition) is 2. The third-order valence-corrected chi connectivity index (χ3v) is 7.14. The van der Waals surface area contributed by atoms with Crippen LogP contribution in [0.2, 0.25) is 0 Å². The average Bonchev–Trinajstić information content (AvgIpc) is 2.90. The fourth-order valence-corrected chi connectivity index (χ4v) is 4.91. The summed E-state index contributed by atoms with van der Waals surface area (Å²) >= 11 is 0. The van der Waals surface area contributed by atoms with E-state index in [-0.39, 0.29) is 35.5 Å². The van der Waals surface area contributed by atoms with Gasteiger partial charge < -0.3 is 9.47 Å². The van der Waals surface area contributed by atoms with Gasteiger partial charge in [0.15, 0.2) is 23.1 Å². The van der Waals surface area contributed by atoms with Crippen molar-refractivity contribution in [3.8, 4) is 11.5 Å². The molecule has 3 aromatic carbocycles. The van der Waals surface area contributed by atoms with Crippen LogP contribution >= 0.6 is 0 Å². The molecule has 1 aliphatic rings. The van der Waals surface area contributed by atoms with Crippen molar-refractivity contribution in [2.24, 2.45) is 0 Å². The first-order valence-electron chi connectivity index (χ1n) is 12.8. The highest BCUT2D eigenvalue weighted by Crippen LogP contribution is 2.42. The van der Waals surface area contributed by atoms with E-state index in [2.05, 4.69) is 0 Å². The molecule has 0 spiro atoms. The normalized spacial score (nSPS) is 17.6.